The molecule has 0 spiro atoms. The average Bonchev–Trinajstić information content (AvgIpc) is 2.95. The molecule has 4 rings (SSSR count). The maximum Gasteiger partial charge on any atom is 0.251 e. The molecule has 3 aromatic rings. The van der Waals surface area contributed by atoms with Crippen molar-refractivity contribution in [2.45, 2.75) is 45.6 Å². The molecule has 1 unspecified atom stereocenters. The third-order valence-electron chi connectivity index (χ3n) is 6.61. The molecule has 3 N–H and O–H groups in total. The van der Waals surface area contributed by atoms with Crippen LogP contribution < -0.4 is 20.4 Å². The molecule has 1 aliphatic heterocycles. The summed E-state index contributed by atoms with van der Waals surface area (Å²) in [5, 5.41) is 18.6. The second-order valence-corrected chi connectivity index (χ2v) is 8.85. The molecule has 0 saturated heterocycles. The molecule has 0 aromatic heterocycles. The van der Waals surface area contributed by atoms with Crippen LogP contribution in [0.25, 0.3) is 10.8 Å². The lowest BCUT2D eigenvalue weighted by atomic mass is 9.99. The smallest absolute Gasteiger partial charge is 0.251 e. The molecule has 0 saturated carbocycles. The van der Waals surface area contributed by atoms with Gasteiger partial charge in [0.2, 0.25) is 5.91 Å². The Kier molecular flexibility index (Phi) is 6.86. The first-order valence-electron chi connectivity index (χ1n) is 11.6. The zero-order valence-electron chi connectivity index (χ0n) is 20.1. The molecule has 3 atom stereocenters. The van der Waals surface area contributed by atoms with Gasteiger partial charge in [0, 0.05) is 6.54 Å². The minimum Gasteiger partial charge on any atom is -0.374 e. The SMILES string of the molecule is CN[C@@H](C)C(=O)N[C@H]1CN(C(C)O)c2ccccc2N(Cc2c(C)ccc3ccccc23)C1=O. The normalized spacial score (nSPS) is 17.8. The molecule has 3 aromatic carbocycles. The van der Waals surface area contributed by atoms with Gasteiger partial charge in [0.05, 0.1) is 24.0 Å². The van der Waals surface area contributed by atoms with E-state index < -0.39 is 18.3 Å². The number of rotatable bonds is 6. The number of benzene rings is 3. The third-order valence-corrected chi connectivity index (χ3v) is 6.61. The quantitative estimate of drug-likeness (QED) is 0.527. The summed E-state index contributed by atoms with van der Waals surface area (Å²) in [4.78, 5) is 30.2. The maximum atomic E-state index is 14.0. The number of aryl methyl sites for hydroxylation is 1. The number of likely N-dealkylation sites (N-methyl/N-ethyl adjacent to an activating group) is 1. The predicted molar refractivity (Wildman–Crippen MR) is 136 cm³/mol. The lowest BCUT2D eigenvalue weighted by Gasteiger charge is -2.29. The van der Waals surface area contributed by atoms with E-state index in [0.717, 1.165) is 27.6 Å². The molecule has 178 valence electrons. The fraction of sp³-hybridized carbons (Fsp3) is 0.333. The first kappa shape index (κ1) is 23.7. The second-order valence-electron chi connectivity index (χ2n) is 8.85. The van der Waals surface area contributed by atoms with E-state index >= 15 is 0 Å². The Morgan fingerprint density at radius 1 is 1.06 bits per heavy atom. The number of anilines is 2. The van der Waals surface area contributed by atoms with E-state index in [0.29, 0.717) is 12.2 Å². The van der Waals surface area contributed by atoms with Crippen LogP contribution in [0, 0.1) is 6.92 Å². The van der Waals surface area contributed by atoms with Gasteiger partial charge in [-0.25, -0.2) is 0 Å². The number of hydrogen-bond acceptors (Lipinski definition) is 5. The van der Waals surface area contributed by atoms with Gasteiger partial charge < -0.3 is 25.5 Å². The number of nitrogens with one attached hydrogen (secondary N) is 2. The predicted octanol–water partition coefficient (Wildman–Crippen LogP) is 2.93. The fourth-order valence-corrected chi connectivity index (χ4v) is 4.48. The summed E-state index contributed by atoms with van der Waals surface area (Å²) in [6.45, 7) is 5.98. The van der Waals surface area contributed by atoms with Crippen molar-refractivity contribution in [1.82, 2.24) is 10.6 Å². The van der Waals surface area contributed by atoms with E-state index in [9.17, 15) is 14.7 Å². The molecule has 0 radical (unpaired) electrons. The standard InChI is InChI=1S/C27H32N4O3/c1-17-13-14-20-9-5-6-10-21(20)22(17)15-31-25-12-8-7-11-24(25)30(19(3)32)16-23(27(31)34)29-26(33)18(2)28-4/h5-14,18-19,23,28,32H,15-16H2,1-4H3,(H,29,33)/t18-,19?,23-/m0/s1. The van der Waals surface area contributed by atoms with Gasteiger partial charge in [-0.15, -0.1) is 0 Å². The number of carbonyl (C=O) groups excluding carboxylic acids is 2. The van der Waals surface area contributed by atoms with Gasteiger partial charge in [-0.1, -0.05) is 48.5 Å². The van der Waals surface area contributed by atoms with Crippen LogP contribution in [-0.2, 0) is 16.1 Å². The first-order chi connectivity index (χ1) is 16.3. The lowest BCUT2D eigenvalue weighted by Crippen LogP contribution is -2.56. The number of fused-ring (bicyclic) bond motifs is 2. The van der Waals surface area contributed by atoms with E-state index in [1.54, 1.807) is 30.7 Å². The van der Waals surface area contributed by atoms with Gasteiger partial charge in [-0.3, -0.25) is 9.59 Å². The van der Waals surface area contributed by atoms with Crippen LogP contribution in [0.5, 0.6) is 0 Å². The summed E-state index contributed by atoms with van der Waals surface area (Å²) in [6.07, 6.45) is -0.839. The van der Waals surface area contributed by atoms with Crippen LogP contribution in [0.1, 0.15) is 25.0 Å². The third kappa shape index (κ3) is 4.49. The van der Waals surface area contributed by atoms with Crippen LogP contribution in [-0.4, -0.2) is 48.8 Å². The Labute approximate surface area is 200 Å². The highest BCUT2D eigenvalue weighted by molar-refractivity contribution is 6.04. The van der Waals surface area contributed by atoms with Gasteiger partial charge in [-0.05, 0) is 61.9 Å². The molecule has 2 amide bonds. The summed E-state index contributed by atoms with van der Waals surface area (Å²) < 4.78 is 0. The Morgan fingerprint density at radius 2 is 1.74 bits per heavy atom. The van der Waals surface area contributed by atoms with Crippen LogP contribution in [0.3, 0.4) is 0 Å². The Morgan fingerprint density at radius 3 is 2.44 bits per heavy atom. The molecular weight excluding hydrogens is 428 g/mol. The highest BCUT2D eigenvalue weighted by Crippen LogP contribution is 2.36. The summed E-state index contributed by atoms with van der Waals surface area (Å²) in [5.74, 6) is -0.474. The van der Waals surface area contributed by atoms with E-state index in [2.05, 4.69) is 34.9 Å². The van der Waals surface area contributed by atoms with Gasteiger partial charge in [-0.2, -0.15) is 0 Å². The minimum absolute atomic E-state index is 0.167. The van der Waals surface area contributed by atoms with Crippen molar-refractivity contribution in [3.63, 3.8) is 0 Å². The Hall–Kier alpha value is -3.42. The number of carbonyl (C=O) groups is 2. The van der Waals surface area contributed by atoms with Gasteiger partial charge in [0.15, 0.2) is 0 Å². The summed E-state index contributed by atoms with van der Waals surface area (Å²) in [5.41, 5.74) is 3.60. The molecule has 1 heterocycles. The zero-order chi connectivity index (χ0) is 24.4. The summed E-state index contributed by atoms with van der Waals surface area (Å²) in [6, 6.07) is 18.6. The maximum absolute atomic E-state index is 14.0. The van der Waals surface area contributed by atoms with Gasteiger partial charge >= 0.3 is 0 Å². The molecule has 0 bridgehead atoms. The Balaban J connectivity index is 1.82. The number of nitrogens with zero attached hydrogens (tertiary/aromatic N) is 2. The van der Waals surface area contributed by atoms with Crippen LogP contribution >= 0.6 is 0 Å². The van der Waals surface area contributed by atoms with Crippen molar-refractivity contribution in [2.24, 2.45) is 0 Å². The van der Waals surface area contributed by atoms with E-state index in [1.807, 2.05) is 43.3 Å². The van der Waals surface area contributed by atoms with Crippen molar-refractivity contribution >= 4 is 34.0 Å². The van der Waals surface area contributed by atoms with E-state index in [4.69, 9.17) is 0 Å². The molecule has 7 heteroatoms. The zero-order valence-corrected chi connectivity index (χ0v) is 20.1. The number of aliphatic hydroxyl groups excluding tert-OH is 1. The number of para-hydroxylation sites is 2. The van der Waals surface area contributed by atoms with Crippen LogP contribution in [0.4, 0.5) is 11.4 Å². The number of hydrogen-bond donors (Lipinski definition) is 3. The summed E-state index contributed by atoms with van der Waals surface area (Å²) in [7, 11) is 1.70. The van der Waals surface area contributed by atoms with Crippen molar-refractivity contribution in [2.75, 3.05) is 23.4 Å². The number of amides is 2. The molecule has 0 aliphatic carbocycles. The highest BCUT2D eigenvalue weighted by atomic mass is 16.3. The largest absolute Gasteiger partial charge is 0.374 e. The molecule has 1 aliphatic rings. The minimum atomic E-state index is -0.839. The first-order valence-corrected chi connectivity index (χ1v) is 11.6. The molecule has 7 nitrogen and oxygen atoms in total. The second kappa shape index (κ2) is 9.83. The van der Waals surface area contributed by atoms with Crippen molar-refractivity contribution in [3.05, 3.63) is 71.8 Å². The molecule has 34 heavy (non-hydrogen) atoms. The van der Waals surface area contributed by atoms with Crippen molar-refractivity contribution < 1.29 is 14.7 Å². The molecular formula is C27H32N4O3. The monoisotopic (exact) mass is 460 g/mol. The van der Waals surface area contributed by atoms with Crippen LogP contribution in [0.2, 0.25) is 0 Å². The average molecular weight is 461 g/mol. The summed E-state index contributed by atoms with van der Waals surface area (Å²) >= 11 is 0. The fourth-order valence-electron chi connectivity index (χ4n) is 4.48. The van der Waals surface area contributed by atoms with Crippen molar-refractivity contribution in [1.29, 1.82) is 0 Å². The Bertz CT molecular complexity index is 1210. The highest BCUT2D eigenvalue weighted by Gasteiger charge is 2.36. The van der Waals surface area contributed by atoms with E-state index in [1.165, 1.54) is 0 Å². The van der Waals surface area contributed by atoms with Gasteiger partial charge in [0.1, 0.15) is 12.3 Å². The van der Waals surface area contributed by atoms with E-state index in [-0.39, 0.29) is 18.4 Å². The topological polar surface area (TPSA) is 84.9 Å². The van der Waals surface area contributed by atoms with Gasteiger partial charge in [0.25, 0.3) is 5.91 Å². The molecule has 0 fully saturated rings. The number of aliphatic hydroxyl groups is 1. The van der Waals surface area contributed by atoms with Crippen LogP contribution in [0.15, 0.2) is 60.7 Å². The van der Waals surface area contributed by atoms with Crippen molar-refractivity contribution in [3.8, 4) is 0 Å². The lowest BCUT2D eigenvalue weighted by molar-refractivity contribution is -0.128.